The molecule has 1 aliphatic rings. The second-order valence-corrected chi connectivity index (χ2v) is 7.55. The summed E-state index contributed by atoms with van der Waals surface area (Å²) in [6.07, 6.45) is 2.50. The van der Waals surface area contributed by atoms with E-state index in [0.717, 1.165) is 24.0 Å². The molecule has 0 fully saturated rings. The van der Waals surface area contributed by atoms with Crippen molar-refractivity contribution in [1.82, 2.24) is 10.5 Å². The number of hydrogen-bond donors (Lipinski definition) is 2. The number of nitrogens with zero attached hydrogens (tertiary/aromatic N) is 1. The summed E-state index contributed by atoms with van der Waals surface area (Å²) in [4.78, 5) is 12.3. The zero-order valence-corrected chi connectivity index (χ0v) is 14.4. The van der Waals surface area contributed by atoms with E-state index < -0.39 is 5.60 Å². The van der Waals surface area contributed by atoms with E-state index in [2.05, 4.69) is 10.5 Å². The summed E-state index contributed by atoms with van der Waals surface area (Å²) in [5.41, 5.74) is 1.07. The molecule has 3 rings (SSSR count). The Bertz CT molecular complexity index is 745. The molecule has 5 heteroatoms. The fourth-order valence-corrected chi connectivity index (χ4v) is 3.13. The van der Waals surface area contributed by atoms with Crippen LogP contribution in [-0.4, -0.2) is 22.7 Å². The van der Waals surface area contributed by atoms with Crippen LogP contribution in [0.4, 0.5) is 0 Å². The lowest BCUT2D eigenvalue weighted by Gasteiger charge is -2.34. The maximum atomic E-state index is 12.3. The van der Waals surface area contributed by atoms with Crippen molar-refractivity contribution in [3.63, 3.8) is 0 Å². The molecule has 0 aliphatic heterocycles. The quantitative estimate of drug-likeness (QED) is 0.908. The standard InChI is InChI=1S/C19H24N2O3/c1-18(2,3)16-11-15(21-24-16)17(22)20-12-19(23)10-6-8-13-7-4-5-9-14(13)19/h4-5,7,9,11,23H,6,8,10,12H2,1-3H3,(H,20,22). The van der Waals surface area contributed by atoms with Crippen LogP contribution in [0.1, 0.15) is 61.0 Å². The van der Waals surface area contributed by atoms with E-state index in [-0.39, 0.29) is 23.6 Å². The van der Waals surface area contributed by atoms with Crippen LogP contribution < -0.4 is 5.32 Å². The Hall–Kier alpha value is -2.14. The van der Waals surface area contributed by atoms with Crippen LogP contribution in [0, 0.1) is 0 Å². The first kappa shape index (κ1) is 16.7. The Morgan fingerprint density at radius 3 is 2.83 bits per heavy atom. The maximum Gasteiger partial charge on any atom is 0.273 e. The van der Waals surface area contributed by atoms with E-state index in [1.54, 1.807) is 6.07 Å². The second-order valence-electron chi connectivity index (χ2n) is 7.55. The number of benzene rings is 1. The van der Waals surface area contributed by atoms with Gasteiger partial charge in [0.1, 0.15) is 11.4 Å². The van der Waals surface area contributed by atoms with Crippen LogP contribution in [0.25, 0.3) is 0 Å². The third kappa shape index (κ3) is 3.22. The van der Waals surface area contributed by atoms with Gasteiger partial charge < -0.3 is 14.9 Å². The van der Waals surface area contributed by atoms with Crippen LogP contribution in [0.3, 0.4) is 0 Å². The molecular weight excluding hydrogens is 304 g/mol. The minimum Gasteiger partial charge on any atom is -0.383 e. The van der Waals surface area contributed by atoms with Gasteiger partial charge in [-0.3, -0.25) is 4.79 Å². The van der Waals surface area contributed by atoms with E-state index in [4.69, 9.17) is 4.52 Å². The van der Waals surface area contributed by atoms with Gasteiger partial charge in [0.05, 0.1) is 6.54 Å². The lowest BCUT2D eigenvalue weighted by Crippen LogP contribution is -2.43. The molecule has 5 nitrogen and oxygen atoms in total. The first-order valence-electron chi connectivity index (χ1n) is 8.36. The summed E-state index contributed by atoms with van der Waals surface area (Å²) in [6, 6.07) is 9.54. The van der Waals surface area contributed by atoms with Crippen LogP contribution in [0.5, 0.6) is 0 Å². The van der Waals surface area contributed by atoms with Gasteiger partial charge in [0.2, 0.25) is 0 Å². The number of rotatable bonds is 3. The Labute approximate surface area is 142 Å². The van der Waals surface area contributed by atoms with Gasteiger partial charge >= 0.3 is 0 Å². The van der Waals surface area contributed by atoms with Crippen molar-refractivity contribution in [2.24, 2.45) is 0 Å². The van der Waals surface area contributed by atoms with Gasteiger partial charge in [0.25, 0.3) is 5.91 Å². The number of aliphatic hydroxyl groups is 1. The van der Waals surface area contributed by atoms with E-state index in [1.165, 1.54) is 0 Å². The number of nitrogens with one attached hydrogen (secondary N) is 1. The number of carbonyl (C=O) groups excluding carboxylic acids is 1. The molecule has 2 aromatic rings. The molecule has 1 amide bonds. The first-order valence-corrected chi connectivity index (χ1v) is 8.36. The molecule has 0 spiro atoms. The lowest BCUT2D eigenvalue weighted by atomic mass is 9.79. The van der Waals surface area contributed by atoms with Crippen LogP contribution in [0.2, 0.25) is 0 Å². The molecule has 1 aromatic carbocycles. The monoisotopic (exact) mass is 328 g/mol. The maximum absolute atomic E-state index is 12.3. The number of amides is 1. The zero-order chi connectivity index (χ0) is 17.4. The largest absolute Gasteiger partial charge is 0.383 e. The van der Waals surface area contributed by atoms with Gasteiger partial charge in [-0.2, -0.15) is 0 Å². The highest BCUT2D eigenvalue weighted by molar-refractivity contribution is 5.92. The van der Waals surface area contributed by atoms with Crippen LogP contribution >= 0.6 is 0 Å². The van der Waals surface area contributed by atoms with Gasteiger partial charge in [-0.1, -0.05) is 50.2 Å². The Morgan fingerprint density at radius 2 is 2.12 bits per heavy atom. The fraction of sp³-hybridized carbons (Fsp3) is 0.474. The fourth-order valence-electron chi connectivity index (χ4n) is 3.13. The molecule has 2 N–H and O–H groups in total. The molecule has 24 heavy (non-hydrogen) atoms. The van der Waals surface area contributed by atoms with Gasteiger partial charge in [0.15, 0.2) is 5.69 Å². The number of aromatic nitrogens is 1. The minimum atomic E-state index is -1.03. The number of hydrogen-bond acceptors (Lipinski definition) is 4. The summed E-state index contributed by atoms with van der Waals surface area (Å²) in [5.74, 6) is 0.333. The number of fused-ring (bicyclic) bond motifs is 1. The number of carbonyl (C=O) groups is 1. The molecule has 1 atom stereocenters. The molecule has 1 unspecified atom stereocenters. The van der Waals surface area contributed by atoms with E-state index in [1.807, 2.05) is 45.0 Å². The van der Waals surface area contributed by atoms with Crippen molar-refractivity contribution in [2.45, 2.75) is 51.0 Å². The number of aryl methyl sites for hydroxylation is 1. The minimum absolute atomic E-state index is 0.167. The van der Waals surface area contributed by atoms with E-state index in [9.17, 15) is 9.90 Å². The van der Waals surface area contributed by atoms with Crippen molar-refractivity contribution >= 4 is 5.91 Å². The first-order chi connectivity index (χ1) is 11.3. The predicted octanol–water partition coefficient (Wildman–Crippen LogP) is 2.93. The van der Waals surface area contributed by atoms with Crippen molar-refractivity contribution in [1.29, 1.82) is 0 Å². The molecule has 0 bridgehead atoms. The third-order valence-corrected chi connectivity index (χ3v) is 4.58. The van der Waals surface area contributed by atoms with Gasteiger partial charge in [-0.25, -0.2) is 0 Å². The Kier molecular flexibility index (Phi) is 4.22. The smallest absolute Gasteiger partial charge is 0.273 e. The van der Waals surface area contributed by atoms with Crippen LogP contribution in [-0.2, 0) is 17.4 Å². The third-order valence-electron chi connectivity index (χ3n) is 4.58. The SMILES string of the molecule is CC(C)(C)c1cc(C(=O)NCC2(O)CCCc3ccccc32)no1. The highest BCUT2D eigenvalue weighted by Gasteiger charge is 2.34. The summed E-state index contributed by atoms with van der Waals surface area (Å²) >= 11 is 0. The van der Waals surface area contributed by atoms with Gasteiger partial charge in [-0.15, -0.1) is 0 Å². The highest BCUT2D eigenvalue weighted by Crippen LogP contribution is 2.34. The average Bonchev–Trinajstić information content (AvgIpc) is 3.04. The van der Waals surface area contributed by atoms with E-state index in [0.29, 0.717) is 12.2 Å². The van der Waals surface area contributed by atoms with Crippen LogP contribution in [0.15, 0.2) is 34.9 Å². The highest BCUT2D eigenvalue weighted by atomic mass is 16.5. The molecule has 0 saturated carbocycles. The van der Waals surface area contributed by atoms with Crippen molar-refractivity contribution in [3.05, 3.63) is 52.9 Å². The molecular formula is C19H24N2O3. The van der Waals surface area contributed by atoms with Crippen molar-refractivity contribution in [2.75, 3.05) is 6.54 Å². The Morgan fingerprint density at radius 1 is 1.38 bits per heavy atom. The molecule has 128 valence electrons. The molecule has 1 aromatic heterocycles. The summed E-state index contributed by atoms with van der Waals surface area (Å²) in [7, 11) is 0. The van der Waals surface area contributed by atoms with Gasteiger partial charge in [0, 0.05) is 11.5 Å². The summed E-state index contributed by atoms with van der Waals surface area (Å²) < 4.78 is 5.25. The summed E-state index contributed by atoms with van der Waals surface area (Å²) in [6.45, 7) is 6.16. The topological polar surface area (TPSA) is 75.4 Å². The molecule has 1 aliphatic carbocycles. The van der Waals surface area contributed by atoms with Crippen molar-refractivity contribution < 1.29 is 14.4 Å². The second kappa shape index (κ2) is 6.06. The predicted molar refractivity (Wildman–Crippen MR) is 90.8 cm³/mol. The van der Waals surface area contributed by atoms with E-state index >= 15 is 0 Å². The van der Waals surface area contributed by atoms with Crippen molar-refractivity contribution in [3.8, 4) is 0 Å². The Balaban J connectivity index is 1.72. The lowest BCUT2D eigenvalue weighted by molar-refractivity contribution is 0.0188. The average molecular weight is 328 g/mol. The normalized spacial score (nSPS) is 20.5. The molecule has 1 heterocycles. The van der Waals surface area contributed by atoms with Gasteiger partial charge in [-0.05, 0) is 30.4 Å². The molecule has 0 saturated heterocycles. The zero-order valence-electron chi connectivity index (χ0n) is 14.4. The summed E-state index contributed by atoms with van der Waals surface area (Å²) in [5, 5.41) is 17.6. The molecule has 0 radical (unpaired) electrons.